The fraction of sp³-hybridized carbons (Fsp3) is 0.294. The van der Waals surface area contributed by atoms with E-state index < -0.39 is 0 Å². The van der Waals surface area contributed by atoms with Gasteiger partial charge in [0.05, 0.1) is 5.75 Å². The Hall–Kier alpha value is -2.32. The van der Waals surface area contributed by atoms with Gasteiger partial charge in [0.25, 0.3) is 5.78 Å². The number of hydrogen-bond donors (Lipinski definition) is 0. The molecule has 134 valence electrons. The number of rotatable bonds is 4. The van der Waals surface area contributed by atoms with Gasteiger partial charge in [-0.2, -0.15) is 4.98 Å². The number of carbonyl (C=O) groups excluding carboxylic acids is 1. The first-order valence-corrected chi connectivity index (χ1v) is 9.64. The van der Waals surface area contributed by atoms with Crippen LogP contribution in [-0.4, -0.2) is 62.3 Å². The fourth-order valence-corrected chi connectivity index (χ4v) is 3.79. The molecule has 0 radical (unpaired) electrons. The predicted molar refractivity (Wildman–Crippen MR) is 102 cm³/mol. The van der Waals surface area contributed by atoms with Gasteiger partial charge < -0.3 is 9.80 Å². The Balaban J connectivity index is 1.30. The number of carbonyl (C=O) groups is 1. The van der Waals surface area contributed by atoms with E-state index in [2.05, 4.69) is 20.0 Å². The number of anilines is 1. The third-order valence-electron chi connectivity index (χ3n) is 4.23. The molecule has 1 amide bonds. The largest absolute Gasteiger partial charge is 0.368 e. The molecule has 0 unspecified atom stereocenters. The Morgan fingerprint density at radius 3 is 2.81 bits per heavy atom. The summed E-state index contributed by atoms with van der Waals surface area (Å²) in [6.45, 7) is 3.00. The van der Waals surface area contributed by atoms with Crippen molar-refractivity contribution in [2.75, 3.05) is 36.8 Å². The monoisotopic (exact) mass is 388 g/mol. The maximum Gasteiger partial charge on any atom is 0.253 e. The van der Waals surface area contributed by atoms with Crippen molar-refractivity contribution in [3.63, 3.8) is 0 Å². The molecule has 0 N–H and O–H groups in total. The van der Waals surface area contributed by atoms with Crippen molar-refractivity contribution in [1.29, 1.82) is 0 Å². The standard InChI is InChI=1S/C17H17ClN6OS/c18-13-3-1-4-14(11-13)22-7-9-23(10-8-22)15(25)12-26-17-20-16-19-5-2-6-24(16)21-17/h1-6,11H,7-10,12H2. The number of fused-ring (bicyclic) bond motifs is 1. The lowest BCUT2D eigenvalue weighted by Crippen LogP contribution is -2.49. The van der Waals surface area contributed by atoms with Crippen LogP contribution in [0.1, 0.15) is 0 Å². The summed E-state index contributed by atoms with van der Waals surface area (Å²) in [4.78, 5) is 25.0. The molecule has 1 saturated heterocycles. The Morgan fingerprint density at radius 2 is 2.04 bits per heavy atom. The Labute approximate surface area is 160 Å². The van der Waals surface area contributed by atoms with E-state index >= 15 is 0 Å². The van der Waals surface area contributed by atoms with Gasteiger partial charge in [-0.05, 0) is 24.3 Å². The molecule has 0 aliphatic carbocycles. The minimum Gasteiger partial charge on any atom is -0.368 e. The highest BCUT2D eigenvalue weighted by atomic mass is 35.5. The average Bonchev–Trinajstić information content (AvgIpc) is 3.09. The van der Waals surface area contributed by atoms with Crippen molar-refractivity contribution in [2.24, 2.45) is 0 Å². The maximum atomic E-state index is 12.5. The highest BCUT2D eigenvalue weighted by Gasteiger charge is 2.22. The normalized spacial score (nSPS) is 14.8. The zero-order valence-corrected chi connectivity index (χ0v) is 15.5. The van der Waals surface area contributed by atoms with Crippen LogP contribution >= 0.6 is 23.4 Å². The molecule has 0 spiro atoms. The van der Waals surface area contributed by atoms with Gasteiger partial charge in [0.15, 0.2) is 0 Å². The SMILES string of the molecule is O=C(CSc1nc2ncccn2n1)N1CCN(c2cccc(Cl)c2)CC1. The number of aromatic nitrogens is 4. The second kappa shape index (κ2) is 7.51. The lowest BCUT2D eigenvalue weighted by molar-refractivity contribution is -0.128. The molecule has 1 aliphatic rings. The van der Waals surface area contributed by atoms with E-state index in [1.807, 2.05) is 29.2 Å². The molecule has 1 fully saturated rings. The number of thioether (sulfide) groups is 1. The van der Waals surface area contributed by atoms with Crippen LogP contribution in [0.15, 0.2) is 47.9 Å². The average molecular weight is 389 g/mol. The summed E-state index contributed by atoms with van der Waals surface area (Å²) < 4.78 is 1.61. The molecule has 3 heterocycles. The van der Waals surface area contributed by atoms with Gasteiger partial charge in [0.2, 0.25) is 11.1 Å². The van der Waals surface area contributed by atoms with Crippen molar-refractivity contribution in [1.82, 2.24) is 24.5 Å². The summed E-state index contributed by atoms with van der Waals surface area (Å²) in [6.07, 6.45) is 3.46. The van der Waals surface area contributed by atoms with E-state index in [1.54, 1.807) is 23.0 Å². The molecule has 2 aromatic heterocycles. The summed E-state index contributed by atoms with van der Waals surface area (Å²) in [6, 6.07) is 9.61. The van der Waals surface area contributed by atoms with E-state index in [-0.39, 0.29) is 5.91 Å². The minimum atomic E-state index is 0.104. The molecule has 4 rings (SSSR count). The van der Waals surface area contributed by atoms with Gasteiger partial charge >= 0.3 is 0 Å². The van der Waals surface area contributed by atoms with Crippen LogP contribution < -0.4 is 4.90 Å². The third kappa shape index (κ3) is 3.76. The van der Waals surface area contributed by atoms with E-state index in [4.69, 9.17) is 11.6 Å². The van der Waals surface area contributed by atoms with Crippen molar-refractivity contribution < 1.29 is 4.79 Å². The molecular weight excluding hydrogens is 372 g/mol. The number of halogens is 1. The third-order valence-corrected chi connectivity index (χ3v) is 5.29. The number of nitrogens with zero attached hydrogens (tertiary/aromatic N) is 6. The lowest BCUT2D eigenvalue weighted by atomic mass is 10.2. The van der Waals surface area contributed by atoms with Crippen LogP contribution in [0.4, 0.5) is 5.69 Å². The zero-order chi connectivity index (χ0) is 17.9. The molecule has 0 atom stereocenters. The Morgan fingerprint density at radius 1 is 1.19 bits per heavy atom. The number of hydrogen-bond acceptors (Lipinski definition) is 6. The van der Waals surface area contributed by atoms with Crippen molar-refractivity contribution >= 4 is 40.7 Å². The number of benzene rings is 1. The van der Waals surface area contributed by atoms with Crippen LogP contribution in [0, 0.1) is 0 Å². The molecule has 7 nitrogen and oxygen atoms in total. The van der Waals surface area contributed by atoms with Crippen molar-refractivity contribution in [3.8, 4) is 0 Å². The van der Waals surface area contributed by atoms with Gasteiger partial charge in [-0.15, -0.1) is 5.10 Å². The summed E-state index contributed by atoms with van der Waals surface area (Å²) in [5.41, 5.74) is 1.10. The second-order valence-corrected chi connectivity index (χ2v) is 7.27. The smallest absolute Gasteiger partial charge is 0.253 e. The van der Waals surface area contributed by atoms with Crippen LogP contribution in [0.2, 0.25) is 5.02 Å². The zero-order valence-electron chi connectivity index (χ0n) is 14.0. The highest BCUT2D eigenvalue weighted by Crippen LogP contribution is 2.21. The van der Waals surface area contributed by atoms with E-state index in [9.17, 15) is 4.79 Å². The van der Waals surface area contributed by atoms with Crippen LogP contribution in [0.3, 0.4) is 0 Å². The Kier molecular flexibility index (Phi) is 4.94. The summed E-state index contributed by atoms with van der Waals surface area (Å²) >= 11 is 7.40. The first kappa shape index (κ1) is 17.1. The molecular formula is C17H17ClN6OS. The highest BCUT2D eigenvalue weighted by molar-refractivity contribution is 7.99. The molecule has 0 saturated carbocycles. The predicted octanol–water partition coefficient (Wildman–Crippen LogP) is 2.22. The molecule has 1 aliphatic heterocycles. The van der Waals surface area contributed by atoms with E-state index in [0.717, 1.165) is 23.8 Å². The first-order valence-electron chi connectivity index (χ1n) is 8.27. The van der Waals surface area contributed by atoms with Crippen LogP contribution in [0.5, 0.6) is 0 Å². The van der Waals surface area contributed by atoms with Crippen LogP contribution in [-0.2, 0) is 4.79 Å². The van der Waals surface area contributed by atoms with Gasteiger partial charge in [0.1, 0.15) is 0 Å². The Bertz CT molecular complexity index is 891. The fourth-order valence-electron chi connectivity index (χ4n) is 2.88. The molecule has 9 heteroatoms. The van der Waals surface area contributed by atoms with Crippen LogP contribution in [0.25, 0.3) is 5.78 Å². The maximum absolute atomic E-state index is 12.5. The molecule has 1 aromatic carbocycles. The summed E-state index contributed by atoms with van der Waals surface area (Å²) in [7, 11) is 0. The van der Waals surface area contributed by atoms with Gasteiger partial charge in [-0.25, -0.2) is 9.50 Å². The number of amides is 1. The van der Waals surface area contributed by atoms with Crippen molar-refractivity contribution in [2.45, 2.75) is 5.16 Å². The van der Waals surface area contributed by atoms with E-state index in [1.165, 1.54) is 11.8 Å². The quantitative estimate of drug-likeness (QED) is 0.638. The van der Waals surface area contributed by atoms with E-state index in [0.29, 0.717) is 29.8 Å². The van der Waals surface area contributed by atoms with Crippen molar-refractivity contribution in [3.05, 3.63) is 47.7 Å². The molecule has 26 heavy (non-hydrogen) atoms. The molecule has 0 bridgehead atoms. The first-order chi connectivity index (χ1) is 12.7. The topological polar surface area (TPSA) is 66.6 Å². The second-order valence-electron chi connectivity index (χ2n) is 5.90. The summed E-state index contributed by atoms with van der Waals surface area (Å²) in [5, 5.41) is 5.60. The van der Waals surface area contributed by atoms with Gasteiger partial charge in [0, 0.05) is 49.3 Å². The minimum absolute atomic E-state index is 0.104. The van der Waals surface area contributed by atoms with Gasteiger partial charge in [-0.3, -0.25) is 4.79 Å². The lowest BCUT2D eigenvalue weighted by Gasteiger charge is -2.36. The number of piperazine rings is 1. The van der Waals surface area contributed by atoms with Gasteiger partial charge in [-0.1, -0.05) is 29.4 Å². The summed E-state index contributed by atoms with van der Waals surface area (Å²) in [5.74, 6) is 0.971. The molecule has 3 aromatic rings.